The van der Waals surface area contributed by atoms with E-state index in [-0.39, 0.29) is 5.91 Å². The van der Waals surface area contributed by atoms with Crippen LogP contribution in [0.3, 0.4) is 0 Å². The molecule has 0 spiro atoms. The van der Waals surface area contributed by atoms with Crippen molar-refractivity contribution in [2.45, 2.75) is 44.7 Å². The summed E-state index contributed by atoms with van der Waals surface area (Å²) in [6, 6.07) is 6.24. The molecule has 1 aromatic heterocycles. The standard InChI is InChI=1S/C18H28N4O/c23-18(13-20-12-15-6-7-15)22(14-16-4-1-2-10-21-16)17-5-3-9-19-11-8-17/h1-2,4,10,15,17,19-20H,3,5-9,11-14H2. The van der Waals surface area contributed by atoms with Gasteiger partial charge in [-0.2, -0.15) is 0 Å². The van der Waals surface area contributed by atoms with Gasteiger partial charge < -0.3 is 15.5 Å². The molecule has 5 nitrogen and oxygen atoms in total. The van der Waals surface area contributed by atoms with Gasteiger partial charge in [-0.15, -0.1) is 0 Å². The molecule has 2 heterocycles. The maximum atomic E-state index is 12.8. The van der Waals surface area contributed by atoms with Gasteiger partial charge in [0.15, 0.2) is 0 Å². The molecule has 23 heavy (non-hydrogen) atoms. The highest BCUT2D eigenvalue weighted by atomic mass is 16.2. The largest absolute Gasteiger partial charge is 0.333 e. The first-order valence-corrected chi connectivity index (χ1v) is 8.94. The molecule has 5 heteroatoms. The highest BCUT2D eigenvalue weighted by Crippen LogP contribution is 2.27. The average Bonchev–Trinajstić information content (AvgIpc) is 3.40. The van der Waals surface area contributed by atoms with E-state index in [1.165, 1.54) is 12.8 Å². The normalized spacial score (nSPS) is 21.7. The van der Waals surface area contributed by atoms with Crippen molar-refractivity contribution in [3.05, 3.63) is 30.1 Å². The molecule has 0 aromatic carbocycles. The van der Waals surface area contributed by atoms with Crippen LogP contribution in [0.1, 0.15) is 37.8 Å². The lowest BCUT2D eigenvalue weighted by molar-refractivity contribution is -0.133. The summed E-state index contributed by atoms with van der Waals surface area (Å²) in [7, 11) is 0. The van der Waals surface area contributed by atoms with Crippen LogP contribution in [-0.2, 0) is 11.3 Å². The molecular weight excluding hydrogens is 288 g/mol. The summed E-state index contributed by atoms with van der Waals surface area (Å²) in [6.45, 7) is 4.10. The monoisotopic (exact) mass is 316 g/mol. The Kier molecular flexibility index (Phi) is 6.00. The Morgan fingerprint density at radius 2 is 2.17 bits per heavy atom. The van der Waals surface area contributed by atoms with Gasteiger partial charge in [-0.1, -0.05) is 6.07 Å². The molecule has 2 fully saturated rings. The molecule has 1 aliphatic heterocycles. The minimum atomic E-state index is 0.211. The third-order valence-corrected chi connectivity index (χ3v) is 4.77. The highest BCUT2D eigenvalue weighted by molar-refractivity contribution is 5.78. The number of nitrogens with zero attached hydrogens (tertiary/aromatic N) is 2. The van der Waals surface area contributed by atoms with Crippen molar-refractivity contribution in [3.63, 3.8) is 0 Å². The average molecular weight is 316 g/mol. The zero-order chi connectivity index (χ0) is 15.9. The van der Waals surface area contributed by atoms with Crippen molar-refractivity contribution >= 4 is 5.91 Å². The van der Waals surface area contributed by atoms with Crippen LogP contribution < -0.4 is 10.6 Å². The first kappa shape index (κ1) is 16.4. The molecule has 1 unspecified atom stereocenters. The molecule has 1 atom stereocenters. The van der Waals surface area contributed by atoms with Gasteiger partial charge >= 0.3 is 0 Å². The second kappa shape index (κ2) is 8.41. The van der Waals surface area contributed by atoms with E-state index in [0.29, 0.717) is 19.1 Å². The van der Waals surface area contributed by atoms with Crippen LogP contribution in [0.15, 0.2) is 24.4 Å². The first-order chi connectivity index (χ1) is 11.3. The molecule has 2 N–H and O–H groups in total. The van der Waals surface area contributed by atoms with Gasteiger partial charge in [0.2, 0.25) is 5.91 Å². The van der Waals surface area contributed by atoms with E-state index in [9.17, 15) is 4.79 Å². The van der Waals surface area contributed by atoms with E-state index in [1.54, 1.807) is 6.20 Å². The number of pyridine rings is 1. The topological polar surface area (TPSA) is 57.3 Å². The number of rotatable bonds is 7. The fraction of sp³-hybridized carbons (Fsp3) is 0.667. The summed E-state index contributed by atoms with van der Waals surface area (Å²) >= 11 is 0. The van der Waals surface area contributed by atoms with Crippen molar-refractivity contribution in [1.82, 2.24) is 20.5 Å². The predicted octanol–water partition coefficient (Wildman–Crippen LogP) is 1.55. The lowest BCUT2D eigenvalue weighted by atomic mass is 10.1. The Morgan fingerprint density at radius 1 is 1.26 bits per heavy atom. The van der Waals surface area contributed by atoms with Crippen molar-refractivity contribution in [1.29, 1.82) is 0 Å². The molecule has 2 aliphatic rings. The number of nitrogens with one attached hydrogen (secondary N) is 2. The number of aromatic nitrogens is 1. The Balaban J connectivity index is 1.62. The van der Waals surface area contributed by atoms with Crippen LogP contribution in [0.25, 0.3) is 0 Å². The van der Waals surface area contributed by atoms with E-state index in [1.807, 2.05) is 18.2 Å². The summed E-state index contributed by atoms with van der Waals surface area (Å²) in [5, 5.41) is 6.77. The quantitative estimate of drug-likeness (QED) is 0.801. The van der Waals surface area contributed by atoms with Gasteiger partial charge in [0, 0.05) is 12.2 Å². The van der Waals surface area contributed by atoms with Crippen LogP contribution in [0, 0.1) is 5.92 Å². The number of carbonyl (C=O) groups is 1. The molecule has 3 rings (SSSR count). The Labute approximate surface area is 138 Å². The lowest BCUT2D eigenvalue weighted by Crippen LogP contribution is -2.45. The Bertz CT molecular complexity index is 481. The summed E-state index contributed by atoms with van der Waals surface area (Å²) in [4.78, 5) is 19.2. The van der Waals surface area contributed by atoms with Crippen molar-refractivity contribution in [2.75, 3.05) is 26.2 Å². The molecule has 126 valence electrons. The third-order valence-electron chi connectivity index (χ3n) is 4.77. The summed E-state index contributed by atoms with van der Waals surface area (Å²) in [6.07, 6.45) is 7.67. The second-order valence-corrected chi connectivity index (χ2v) is 6.75. The first-order valence-electron chi connectivity index (χ1n) is 8.94. The summed E-state index contributed by atoms with van der Waals surface area (Å²) < 4.78 is 0. The predicted molar refractivity (Wildman–Crippen MR) is 90.9 cm³/mol. The van der Waals surface area contributed by atoms with Gasteiger partial charge in [-0.05, 0) is 69.8 Å². The second-order valence-electron chi connectivity index (χ2n) is 6.75. The fourth-order valence-corrected chi connectivity index (χ4v) is 3.21. The molecule has 1 aromatic rings. The van der Waals surface area contributed by atoms with Crippen LogP contribution in [-0.4, -0.2) is 48.0 Å². The number of hydrogen-bond acceptors (Lipinski definition) is 4. The molecule has 1 aliphatic carbocycles. The van der Waals surface area contributed by atoms with Crippen molar-refractivity contribution in [2.24, 2.45) is 5.92 Å². The maximum Gasteiger partial charge on any atom is 0.237 e. The molecule has 1 amide bonds. The molecule has 0 radical (unpaired) electrons. The van der Waals surface area contributed by atoms with Gasteiger partial charge in [-0.3, -0.25) is 9.78 Å². The zero-order valence-corrected chi connectivity index (χ0v) is 13.8. The zero-order valence-electron chi connectivity index (χ0n) is 13.8. The SMILES string of the molecule is O=C(CNCC1CC1)N(Cc1ccccn1)C1CCCNCC1. The molecule has 1 saturated heterocycles. The Morgan fingerprint density at radius 3 is 2.96 bits per heavy atom. The third kappa shape index (κ3) is 5.29. The highest BCUT2D eigenvalue weighted by Gasteiger charge is 2.26. The van der Waals surface area contributed by atoms with E-state index < -0.39 is 0 Å². The maximum absolute atomic E-state index is 12.8. The van der Waals surface area contributed by atoms with E-state index in [0.717, 1.165) is 50.5 Å². The van der Waals surface area contributed by atoms with Gasteiger partial charge in [-0.25, -0.2) is 0 Å². The summed E-state index contributed by atoms with van der Waals surface area (Å²) in [5.74, 6) is 1.01. The smallest absolute Gasteiger partial charge is 0.237 e. The van der Waals surface area contributed by atoms with Crippen LogP contribution in [0.4, 0.5) is 0 Å². The van der Waals surface area contributed by atoms with E-state index in [4.69, 9.17) is 0 Å². The van der Waals surface area contributed by atoms with E-state index >= 15 is 0 Å². The number of hydrogen-bond donors (Lipinski definition) is 2. The molecule has 0 bridgehead atoms. The van der Waals surface area contributed by atoms with E-state index in [2.05, 4.69) is 20.5 Å². The van der Waals surface area contributed by atoms with Crippen LogP contribution in [0.2, 0.25) is 0 Å². The number of amides is 1. The molecular formula is C18H28N4O. The number of carbonyl (C=O) groups excluding carboxylic acids is 1. The minimum Gasteiger partial charge on any atom is -0.333 e. The lowest BCUT2D eigenvalue weighted by Gasteiger charge is -2.31. The van der Waals surface area contributed by atoms with Crippen LogP contribution in [0.5, 0.6) is 0 Å². The minimum absolute atomic E-state index is 0.211. The van der Waals surface area contributed by atoms with Gasteiger partial charge in [0.25, 0.3) is 0 Å². The van der Waals surface area contributed by atoms with Gasteiger partial charge in [0.05, 0.1) is 18.8 Å². The Hall–Kier alpha value is -1.46. The van der Waals surface area contributed by atoms with Gasteiger partial charge in [0.1, 0.15) is 0 Å². The summed E-state index contributed by atoms with van der Waals surface area (Å²) in [5.41, 5.74) is 0.972. The fourth-order valence-electron chi connectivity index (χ4n) is 3.21. The van der Waals surface area contributed by atoms with Crippen molar-refractivity contribution < 1.29 is 4.79 Å². The molecule has 1 saturated carbocycles. The van der Waals surface area contributed by atoms with Crippen molar-refractivity contribution in [3.8, 4) is 0 Å². The van der Waals surface area contributed by atoms with Crippen LogP contribution >= 0.6 is 0 Å².